The third-order valence-electron chi connectivity index (χ3n) is 13.2. The third-order valence-corrected chi connectivity index (χ3v) is 14.1. The van der Waals surface area contributed by atoms with Gasteiger partial charge in [-0.15, -0.1) is 0 Å². The normalized spacial score (nSPS) is 23.6. The van der Waals surface area contributed by atoms with E-state index >= 15 is 0 Å². The molecule has 2 aromatic heterocycles. The van der Waals surface area contributed by atoms with Crippen LogP contribution in [0.5, 0.6) is 5.75 Å². The van der Waals surface area contributed by atoms with Crippen LogP contribution < -0.4 is 24.6 Å². The van der Waals surface area contributed by atoms with E-state index in [1.807, 2.05) is 36.5 Å². The highest BCUT2D eigenvalue weighted by Gasteiger charge is 2.46. The van der Waals surface area contributed by atoms with Gasteiger partial charge >= 0.3 is 0 Å². The van der Waals surface area contributed by atoms with Gasteiger partial charge in [0.2, 0.25) is 15.9 Å². The maximum Gasteiger partial charge on any atom is 0.257 e. The van der Waals surface area contributed by atoms with Gasteiger partial charge in [-0.2, -0.15) is 5.10 Å². The number of methoxy groups -OCH3 is 1. The molecule has 5 aromatic rings. The summed E-state index contributed by atoms with van der Waals surface area (Å²) in [6, 6.07) is 17.5. The monoisotopic (exact) mass is 833 g/mol. The lowest BCUT2D eigenvalue weighted by atomic mass is 9.86. The maximum absolute atomic E-state index is 14.2. The standard InChI is InChI=1S/C43H47N9O7S/c1-58-36-18-29(24-50-14-3-13-45-50)19-37-39(36)40(46-59-37)52-38(53)9-8-35(42(52)55)51-25-30-20-32(6-7-34(30)41(51)54)48-15-10-28(23-48)22-47-16-11-43(26-47)12-17-49(27-43)31-4-2-5-33(21-31)60(44,56)57/h2-7,13-14,18-21,28,35H,8-12,15-17,22-27H2,1H3,(H2,44,56,57). The smallest absolute Gasteiger partial charge is 0.257 e. The van der Waals surface area contributed by atoms with Crippen LogP contribution in [0, 0.1) is 11.3 Å². The van der Waals surface area contributed by atoms with E-state index in [1.165, 1.54) is 7.11 Å². The molecule has 17 heteroatoms. The first-order valence-corrected chi connectivity index (χ1v) is 22.1. The summed E-state index contributed by atoms with van der Waals surface area (Å²) in [5.74, 6) is -0.171. The van der Waals surface area contributed by atoms with Crippen molar-refractivity contribution in [2.24, 2.45) is 16.5 Å². The Morgan fingerprint density at radius 2 is 1.80 bits per heavy atom. The first kappa shape index (κ1) is 38.4. The predicted octanol–water partition coefficient (Wildman–Crippen LogP) is 3.84. The number of nitrogens with two attached hydrogens (primary N) is 1. The summed E-state index contributed by atoms with van der Waals surface area (Å²) < 4.78 is 37.1. The molecule has 4 saturated heterocycles. The molecule has 3 unspecified atom stereocenters. The minimum Gasteiger partial charge on any atom is -0.496 e. The number of benzene rings is 3. The molecule has 0 aliphatic carbocycles. The maximum atomic E-state index is 14.2. The summed E-state index contributed by atoms with van der Waals surface area (Å²) in [4.78, 5) is 51.6. The number of imide groups is 1. The zero-order valence-corrected chi connectivity index (χ0v) is 34.2. The third kappa shape index (κ3) is 6.87. The fourth-order valence-electron chi connectivity index (χ4n) is 10.2. The number of hydrogen-bond donors (Lipinski definition) is 1. The van der Waals surface area contributed by atoms with Crippen molar-refractivity contribution in [2.75, 3.05) is 67.6 Å². The van der Waals surface area contributed by atoms with Crippen molar-refractivity contribution in [3.8, 4) is 5.75 Å². The fraction of sp³-hybridized carbons (Fsp3) is 0.419. The molecule has 16 nitrogen and oxygen atoms in total. The van der Waals surface area contributed by atoms with Gasteiger partial charge in [-0.05, 0) is 104 Å². The lowest BCUT2D eigenvalue weighted by Gasteiger charge is -2.34. The van der Waals surface area contributed by atoms with Crippen molar-refractivity contribution < 1.29 is 32.1 Å². The number of nitrogens with zero attached hydrogens (tertiary/aromatic N) is 8. The summed E-state index contributed by atoms with van der Waals surface area (Å²) in [7, 11) is -2.24. The van der Waals surface area contributed by atoms with Crippen molar-refractivity contribution in [3.63, 3.8) is 0 Å². The van der Waals surface area contributed by atoms with Gasteiger partial charge in [0.05, 0.1) is 18.6 Å². The van der Waals surface area contributed by atoms with E-state index in [-0.39, 0.29) is 41.4 Å². The Bertz CT molecular complexity index is 2630. The molecule has 3 amide bonds. The zero-order valence-electron chi connectivity index (χ0n) is 33.4. The van der Waals surface area contributed by atoms with Crippen LogP contribution in [0.3, 0.4) is 0 Å². The summed E-state index contributed by atoms with van der Waals surface area (Å²) in [6.07, 6.45) is 7.10. The van der Waals surface area contributed by atoms with Gasteiger partial charge in [-0.3, -0.25) is 19.1 Å². The molecule has 60 heavy (non-hydrogen) atoms. The first-order valence-electron chi connectivity index (χ1n) is 20.5. The van der Waals surface area contributed by atoms with Crippen LogP contribution in [0.25, 0.3) is 11.0 Å². The molecule has 4 fully saturated rings. The van der Waals surface area contributed by atoms with Gasteiger partial charge < -0.3 is 28.9 Å². The highest BCUT2D eigenvalue weighted by atomic mass is 32.2. The number of anilines is 3. The van der Waals surface area contributed by atoms with E-state index in [2.05, 4.69) is 31.0 Å². The van der Waals surface area contributed by atoms with Gasteiger partial charge in [0.25, 0.3) is 11.8 Å². The minimum atomic E-state index is -3.76. The van der Waals surface area contributed by atoms with Crippen molar-refractivity contribution in [1.82, 2.24) is 24.7 Å². The van der Waals surface area contributed by atoms with Gasteiger partial charge in [0.1, 0.15) is 17.2 Å². The summed E-state index contributed by atoms with van der Waals surface area (Å²) >= 11 is 0. The Morgan fingerprint density at radius 1 is 0.950 bits per heavy atom. The average Bonchev–Trinajstić information content (AvgIpc) is 4.11. The van der Waals surface area contributed by atoms with E-state index in [0.717, 1.165) is 92.5 Å². The molecule has 3 atom stereocenters. The van der Waals surface area contributed by atoms with Crippen LogP contribution >= 0.6 is 0 Å². The van der Waals surface area contributed by atoms with Crippen molar-refractivity contribution in [3.05, 3.63) is 89.7 Å². The number of likely N-dealkylation sites (tertiary alicyclic amines) is 1. The van der Waals surface area contributed by atoms with Gasteiger partial charge in [0, 0.05) is 87.0 Å². The average molecular weight is 834 g/mol. The lowest BCUT2D eigenvalue weighted by molar-refractivity contribution is -0.132. The molecule has 5 aliphatic heterocycles. The number of fused-ring (bicyclic) bond motifs is 2. The molecule has 0 bridgehead atoms. The number of ether oxygens (including phenoxy) is 1. The quantitative estimate of drug-likeness (QED) is 0.201. The van der Waals surface area contributed by atoms with E-state index in [0.29, 0.717) is 34.7 Å². The largest absolute Gasteiger partial charge is 0.496 e. The summed E-state index contributed by atoms with van der Waals surface area (Å²) in [5.41, 5.74) is 4.83. The van der Waals surface area contributed by atoms with E-state index < -0.39 is 27.9 Å². The number of hydrogen-bond acceptors (Lipinski definition) is 12. The SMILES string of the molecule is COc1cc(Cn2cccn2)cc2onc(N3C(=O)CCC(N4Cc5cc(N6CCC(CN7CCC8(CCN(c9cccc(S(N)(=O)=O)c9)C8)C7)C6)ccc5C4=O)C3=O)c12. The number of carbonyl (C=O) groups is 3. The number of amides is 3. The van der Waals surface area contributed by atoms with Gasteiger partial charge in [-0.1, -0.05) is 11.2 Å². The summed E-state index contributed by atoms with van der Waals surface area (Å²) in [6.45, 7) is 7.48. The molecule has 3 aromatic carbocycles. The van der Waals surface area contributed by atoms with Gasteiger partial charge in [0.15, 0.2) is 11.4 Å². The Labute approximate surface area is 347 Å². The number of sulfonamides is 1. The van der Waals surface area contributed by atoms with Crippen LogP contribution in [-0.4, -0.2) is 110 Å². The van der Waals surface area contributed by atoms with Crippen LogP contribution in [0.1, 0.15) is 53.6 Å². The molecule has 2 N–H and O–H groups in total. The van der Waals surface area contributed by atoms with E-state index in [4.69, 9.17) is 14.4 Å². The molecular weight excluding hydrogens is 787 g/mol. The molecule has 0 saturated carbocycles. The second-order valence-corrected chi connectivity index (χ2v) is 18.6. The highest BCUT2D eigenvalue weighted by Crippen LogP contribution is 2.43. The van der Waals surface area contributed by atoms with Gasteiger partial charge in [-0.25, -0.2) is 18.5 Å². The number of carbonyl (C=O) groups excluding carboxylic acids is 3. The highest BCUT2D eigenvalue weighted by molar-refractivity contribution is 7.89. The molecule has 10 rings (SSSR count). The van der Waals surface area contributed by atoms with Crippen molar-refractivity contribution >= 4 is 55.9 Å². The predicted molar refractivity (Wildman–Crippen MR) is 222 cm³/mol. The second kappa shape index (κ2) is 14.7. The van der Waals surface area contributed by atoms with E-state index in [9.17, 15) is 22.8 Å². The van der Waals surface area contributed by atoms with Crippen molar-refractivity contribution in [2.45, 2.75) is 56.1 Å². The molecule has 312 valence electrons. The first-order chi connectivity index (χ1) is 28.9. The molecular formula is C43H47N9O7S. The topological polar surface area (TPSA) is 181 Å². The minimum absolute atomic E-state index is 0.0599. The summed E-state index contributed by atoms with van der Waals surface area (Å²) in [5, 5.41) is 14.3. The zero-order chi connectivity index (χ0) is 41.3. The molecule has 5 aliphatic rings. The molecule has 0 radical (unpaired) electrons. The van der Waals surface area contributed by atoms with Crippen LogP contribution in [-0.2, 0) is 32.7 Å². The second-order valence-electron chi connectivity index (χ2n) is 17.1. The fourth-order valence-corrected chi connectivity index (χ4v) is 10.8. The number of rotatable bonds is 10. The number of aromatic nitrogens is 3. The molecule has 1 spiro atoms. The Balaban J connectivity index is 0.783. The molecule has 7 heterocycles. The van der Waals surface area contributed by atoms with Crippen LogP contribution in [0.4, 0.5) is 17.2 Å². The van der Waals surface area contributed by atoms with Crippen LogP contribution in [0.2, 0.25) is 0 Å². The van der Waals surface area contributed by atoms with Crippen LogP contribution in [0.15, 0.2) is 82.5 Å². The Hall–Kier alpha value is -5.78. The van der Waals surface area contributed by atoms with E-state index in [1.54, 1.807) is 40.0 Å². The Morgan fingerprint density at radius 3 is 2.62 bits per heavy atom. The Kier molecular flexibility index (Phi) is 9.44. The van der Waals surface area contributed by atoms with Crippen molar-refractivity contribution in [1.29, 1.82) is 0 Å². The number of primary sulfonamides is 1. The lowest BCUT2D eigenvalue weighted by Crippen LogP contribution is -2.55. The number of piperidine rings is 1.